The average molecular weight is 342 g/mol. The number of aryl methyl sites for hydroxylation is 3. The maximum atomic E-state index is 12.3. The Hall–Kier alpha value is -1.97. The number of benzene rings is 1. The molecule has 2 heterocycles. The smallest absolute Gasteiger partial charge is 0.186 e. The third-order valence-electron chi connectivity index (χ3n) is 3.67. The highest BCUT2D eigenvalue weighted by Gasteiger charge is 2.09. The molecule has 0 aliphatic carbocycles. The van der Waals surface area contributed by atoms with Gasteiger partial charge in [-0.05, 0) is 57.2 Å². The van der Waals surface area contributed by atoms with Crippen LogP contribution in [-0.4, -0.2) is 10.8 Å². The van der Waals surface area contributed by atoms with E-state index in [0.29, 0.717) is 5.15 Å². The molecular formula is C19H16ClNOS. The lowest BCUT2D eigenvalue weighted by molar-refractivity contribution is 0.104. The monoisotopic (exact) mass is 341 g/mol. The minimum atomic E-state index is -0.00717. The highest BCUT2D eigenvalue weighted by atomic mass is 35.5. The number of ketones is 1. The van der Waals surface area contributed by atoms with Gasteiger partial charge in [-0.1, -0.05) is 23.2 Å². The molecule has 0 spiro atoms. The zero-order valence-electron chi connectivity index (χ0n) is 13.2. The molecule has 0 aliphatic rings. The van der Waals surface area contributed by atoms with E-state index in [2.05, 4.69) is 11.1 Å². The van der Waals surface area contributed by atoms with Crippen molar-refractivity contribution in [1.29, 1.82) is 0 Å². The molecule has 1 aromatic carbocycles. The summed E-state index contributed by atoms with van der Waals surface area (Å²) >= 11 is 7.87. The summed E-state index contributed by atoms with van der Waals surface area (Å²) in [4.78, 5) is 18.9. The fraction of sp³-hybridized carbons (Fsp3) is 0.158. The van der Waals surface area contributed by atoms with Crippen molar-refractivity contribution in [2.75, 3.05) is 0 Å². The zero-order valence-corrected chi connectivity index (χ0v) is 14.8. The number of hydrogen-bond acceptors (Lipinski definition) is 3. The molecule has 2 aromatic heterocycles. The fourth-order valence-electron chi connectivity index (χ4n) is 2.54. The van der Waals surface area contributed by atoms with Crippen LogP contribution >= 0.6 is 22.9 Å². The lowest BCUT2D eigenvalue weighted by Crippen LogP contribution is -1.94. The first-order valence-corrected chi connectivity index (χ1v) is 8.50. The molecule has 4 heteroatoms. The van der Waals surface area contributed by atoms with Crippen LogP contribution in [0.15, 0.2) is 36.4 Å². The Morgan fingerprint density at radius 3 is 2.65 bits per heavy atom. The summed E-state index contributed by atoms with van der Waals surface area (Å²) < 4.78 is 0. The minimum absolute atomic E-state index is 0.00717. The van der Waals surface area contributed by atoms with Gasteiger partial charge in [-0.15, -0.1) is 11.3 Å². The number of carbonyl (C=O) groups excluding carboxylic acids is 1. The van der Waals surface area contributed by atoms with Gasteiger partial charge in [-0.3, -0.25) is 4.79 Å². The van der Waals surface area contributed by atoms with E-state index in [-0.39, 0.29) is 5.78 Å². The maximum absolute atomic E-state index is 12.3. The Bertz CT molecular complexity index is 940. The molecule has 3 aromatic rings. The Morgan fingerprint density at radius 1 is 1.17 bits per heavy atom. The van der Waals surface area contributed by atoms with Gasteiger partial charge in [-0.25, -0.2) is 4.98 Å². The van der Waals surface area contributed by atoms with Gasteiger partial charge in [0.1, 0.15) is 5.15 Å². The zero-order chi connectivity index (χ0) is 16.6. The number of allylic oxidation sites excluding steroid dienone is 1. The highest BCUT2D eigenvalue weighted by Crippen LogP contribution is 2.24. The van der Waals surface area contributed by atoms with Crippen molar-refractivity contribution in [3.63, 3.8) is 0 Å². The summed E-state index contributed by atoms with van der Waals surface area (Å²) in [6.45, 7) is 6.01. The summed E-state index contributed by atoms with van der Waals surface area (Å²) in [5, 5.41) is 1.42. The number of pyridine rings is 1. The van der Waals surface area contributed by atoms with E-state index in [1.54, 1.807) is 23.5 Å². The Labute approximate surface area is 144 Å². The fourth-order valence-corrected chi connectivity index (χ4v) is 3.67. The van der Waals surface area contributed by atoms with E-state index in [0.717, 1.165) is 37.3 Å². The number of halogens is 1. The van der Waals surface area contributed by atoms with Gasteiger partial charge in [0.15, 0.2) is 5.78 Å². The minimum Gasteiger partial charge on any atom is -0.289 e. The molecule has 0 atom stereocenters. The van der Waals surface area contributed by atoms with Gasteiger partial charge in [0, 0.05) is 26.3 Å². The van der Waals surface area contributed by atoms with Gasteiger partial charge in [-0.2, -0.15) is 0 Å². The number of rotatable bonds is 3. The molecule has 0 unspecified atom stereocenters. The maximum Gasteiger partial charge on any atom is 0.186 e. The van der Waals surface area contributed by atoms with E-state index < -0.39 is 0 Å². The summed E-state index contributed by atoms with van der Waals surface area (Å²) in [7, 11) is 0. The second kappa shape index (κ2) is 6.26. The van der Waals surface area contributed by atoms with Gasteiger partial charge < -0.3 is 0 Å². The normalized spacial score (nSPS) is 11.5. The average Bonchev–Trinajstić information content (AvgIpc) is 2.84. The van der Waals surface area contributed by atoms with Crippen molar-refractivity contribution in [2.24, 2.45) is 0 Å². The topological polar surface area (TPSA) is 30.0 Å². The van der Waals surface area contributed by atoms with Gasteiger partial charge >= 0.3 is 0 Å². The highest BCUT2D eigenvalue weighted by molar-refractivity contribution is 7.12. The molecule has 0 amide bonds. The van der Waals surface area contributed by atoms with Crippen LogP contribution in [0.1, 0.15) is 31.2 Å². The molecule has 3 rings (SSSR count). The van der Waals surface area contributed by atoms with Crippen molar-refractivity contribution in [3.8, 4) is 0 Å². The van der Waals surface area contributed by atoms with Crippen LogP contribution < -0.4 is 0 Å². The standard InChI is InChI=1S/C19H16ClNOS/c1-11-4-6-17-15(8-11)10-14(19(20)21-17)5-7-18(22)16-9-12(2)23-13(16)3/h4-10H,1-3H3/b7-5+. The van der Waals surface area contributed by atoms with Crippen molar-refractivity contribution in [3.05, 3.63) is 68.0 Å². The molecule has 0 aliphatic heterocycles. The third-order valence-corrected chi connectivity index (χ3v) is 4.94. The first-order chi connectivity index (χ1) is 10.9. The molecule has 0 saturated carbocycles. The second-order valence-electron chi connectivity index (χ2n) is 5.59. The summed E-state index contributed by atoms with van der Waals surface area (Å²) in [6, 6.07) is 9.91. The molecule has 0 N–H and O–H groups in total. The van der Waals surface area contributed by atoms with Crippen molar-refractivity contribution < 1.29 is 4.79 Å². The first-order valence-electron chi connectivity index (χ1n) is 7.30. The van der Waals surface area contributed by atoms with E-state index in [4.69, 9.17) is 11.6 Å². The molecule has 2 nitrogen and oxygen atoms in total. The molecule has 0 radical (unpaired) electrons. The summed E-state index contributed by atoms with van der Waals surface area (Å²) in [6.07, 6.45) is 3.31. The van der Waals surface area contributed by atoms with E-state index in [1.165, 1.54) is 0 Å². The van der Waals surface area contributed by atoms with Crippen LogP contribution in [0.5, 0.6) is 0 Å². The van der Waals surface area contributed by atoms with Crippen LogP contribution in [0.25, 0.3) is 17.0 Å². The molecule has 0 fully saturated rings. The van der Waals surface area contributed by atoms with Crippen molar-refractivity contribution >= 4 is 45.7 Å². The first kappa shape index (κ1) is 15.9. The van der Waals surface area contributed by atoms with Crippen LogP contribution in [0.2, 0.25) is 5.15 Å². The number of thiophene rings is 1. The molecule has 0 bridgehead atoms. The van der Waals surface area contributed by atoms with E-state index in [9.17, 15) is 4.79 Å². The number of carbonyl (C=O) groups is 1. The van der Waals surface area contributed by atoms with Gasteiger partial charge in [0.25, 0.3) is 0 Å². The van der Waals surface area contributed by atoms with E-state index in [1.807, 2.05) is 45.0 Å². The van der Waals surface area contributed by atoms with Crippen LogP contribution in [-0.2, 0) is 0 Å². The largest absolute Gasteiger partial charge is 0.289 e. The molecule has 0 saturated heterocycles. The summed E-state index contributed by atoms with van der Waals surface area (Å²) in [5.41, 5.74) is 3.53. The number of nitrogens with zero attached hydrogens (tertiary/aromatic N) is 1. The van der Waals surface area contributed by atoms with Crippen LogP contribution in [0, 0.1) is 20.8 Å². The SMILES string of the molecule is Cc1ccc2nc(Cl)c(/C=C/C(=O)c3cc(C)sc3C)cc2c1. The Kier molecular flexibility index (Phi) is 4.33. The Morgan fingerprint density at radius 2 is 1.96 bits per heavy atom. The number of hydrogen-bond donors (Lipinski definition) is 0. The van der Waals surface area contributed by atoms with Crippen LogP contribution in [0.4, 0.5) is 0 Å². The quantitative estimate of drug-likeness (QED) is 0.344. The van der Waals surface area contributed by atoms with Gasteiger partial charge in [0.2, 0.25) is 0 Å². The third kappa shape index (κ3) is 3.36. The Balaban J connectivity index is 1.95. The predicted octanol–water partition coefficient (Wildman–Crippen LogP) is 5.77. The molecule has 116 valence electrons. The van der Waals surface area contributed by atoms with Crippen LogP contribution in [0.3, 0.4) is 0 Å². The number of aromatic nitrogens is 1. The molecular weight excluding hydrogens is 326 g/mol. The summed E-state index contributed by atoms with van der Waals surface area (Å²) in [5.74, 6) is -0.00717. The van der Waals surface area contributed by atoms with E-state index >= 15 is 0 Å². The lowest BCUT2D eigenvalue weighted by atomic mass is 10.1. The number of fused-ring (bicyclic) bond motifs is 1. The molecule has 23 heavy (non-hydrogen) atoms. The predicted molar refractivity (Wildman–Crippen MR) is 98.6 cm³/mol. The van der Waals surface area contributed by atoms with Gasteiger partial charge in [0.05, 0.1) is 5.52 Å². The lowest BCUT2D eigenvalue weighted by Gasteiger charge is -2.03. The second-order valence-corrected chi connectivity index (χ2v) is 7.41. The van der Waals surface area contributed by atoms with Crippen molar-refractivity contribution in [1.82, 2.24) is 4.98 Å². The van der Waals surface area contributed by atoms with Crippen molar-refractivity contribution in [2.45, 2.75) is 20.8 Å².